The fourth-order valence-corrected chi connectivity index (χ4v) is 2.13. The molecule has 4 N–H and O–H groups in total. The summed E-state index contributed by atoms with van der Waals surface area (Å²) in [5, 5.41) is 21.0. The maximum atomic E-state index is 11.5. The summed E-state index contributed by atoms with van der Waals surface area (Å²) in [5.74, 6) is -0.965. The first-order chi connectivity index (χ1) is 8.28. The lowest BCUT2D eigenvalue weighted by Gasteiger charge is -2.29. The van der Waals surface area contributed by atoms with Crippen molar-refractivity contribution in [3.05, 3.63) is 0 Å². The van der Waals surface area contributed by atoms with Crippen LogP contribution in [0.4, 0.5) is 0 Å². The van der Waals surface area contributed by atoms with Crippen LogP contribution in [0.25, 0.3) is 0 Å². The number of hydrogen-bond donors (Lipinski definition) is 4. The van der Waals surface area contributed by atoms with E-state index in [1.165, 1.54) is 0 Å². The molecule has 1 saturated heterocycles. The van der Waals surface area contributed by atoms with Crippen molar-refractivity contribution in [2.45, 2.75) is 37.8 Å². The highest BCUT2D eigenvalue weighted by atomic mass is 32.2. The standard InChI is InChI=1S/C9H17NO7S/c11-6-4-7(17-8(12)5-6)9(13)10-2-1-3-18(14,15)16/h6-8,11-12H,1-5H2,(H,10,13)(H,14,15,16). The molecule has 0 bridgehead atoms. The number of aliphatic hydroxyl groups is 2. The summed E-state index contributed by atoms with van der Waals surface area (Å²) in [6.45, 7) is 0.0602. The largest absolute Gasteiger partial charge is 0.393 e. The Bertz CT molecular complexity index is 372. The number of hydrogen-bond acceptors (Lipinski definition) is 6. The minimum atomic E-state index is -4.03. The summed E-state index contributed by atoms with van der Waals surface area (Å²) in [5.41, 5.74) is 0. The van der Waals surface area contributed by atoms with E-state index in [1.54, 1.807) is 0 Å². The average molecular weight is 283 g/mol. The van der Waals surface area contributed by atoms with Gasteiger partial charge >= 0.3 is 0 Å². The molecule has 3 atom stereocenters. The van der Waals surface area contributed by atoms with Crippen molar-refractivity contribution in [2.75, 3.05) is 12.3 Å². The van der Waals surface area contributed by atoms with Crippen LogP contribution in [0.5, 0.6) is 0 Å². The average Bonchev–Trinajstić information content (AvgIpc) is 2.21. The van der Waals surface area contributed by atoms with Crippen molar-refractivity contribution in [3.63, 3.8) is 0 Å². The van der Waals surface area contributed by atoms with Crippen LogP contribution in [-0.2, 0) is 19.6 Å². The van der Waals surface area contributed by atoms with E-state index in [9.17, 15) is 23.4 Å². The van der Waals surface area contributed by atoms with Gasteiger partial charge in [0.1, 0.15) is 6.10 Å². The Kier molecular flexibility index (Phi) is 5.47. The van der Waals surface area contributed by atoms with Crippen LogP contribution >= 0.6 is 0 Å². The van der Waals surface area contributed by atoms with Crippen molar-refractivity contribution in [1.29, 1.82) is 0 Å². The first-order valence-corrected chi connectivity index (χ1v) is 7.13. The normalized spacial score (nSPS) is 28.9. The molecule has 9 heteroatoms. The third-order valence-corrected chi connectivity index (χ3v) is 3.26. The minimum absolute atomic E-state index is 0.0602. The molecule has 1 aliphatic heterocycles. The van der Waals surface area contributed by atoms with E-state index in [1.807, 2.05) is 0 Å². The molecule has 3 unspecified atom stereocenters. The van der Waals surface area contributed by atoms with E-state index in [0.29, 0.717) is 0 Å². The first-order valence-electron chi connectivity index (χ1n) is 5.52. The van der Waals surface area contributed by atoms with Crippen molar-refractivity contribution < 1.29 is 32.7 Å². The highest BCUT2D eigenvalue weighted by molar-refractivity contribution is 7.85. The minimum Gasteiger partial charge on any atom is -0.393 e. The topological polar surface area (TPSA) is 133 Å². The number of rotatable bonds is 5. The van der Waals surface area contributed by atoms with E-state index >= 15 is 0 Å². The van der Waals surface area contributed by atoms with Gasteiger partial charge in [-0.25, -0.2) is 0 Å². The summed E-state index contributed by atoms with van der Waals surface area (Å²) < 4.78 is 34.2. The van der Waals surface area contributed by atoms with Crippen LogP contribution in [-0.4, -0.2) is 59.9 Å². The van der Waals surface area contributed by atoms with Gasteiger partial charge in [0.25, 0.3) is 10.1 Å². The predicted octanol–water partition coefficient (Wildman–Crippen LogP) is -1.76. The van der Waals surface area contributed by atoms with Crippen molar-refractivity contribution in [2.24, 2.45) is 0 Å². The van der Waals surface area contributed by atoms with Gasteiger partial charge in [-0.05, 0) is 6.42 Å². The molecule has 1 rings (SSSR count). The fourth-order valence-electron chi connectivity index (χ4n) is 1.63. The smallest absolute Gasteiger partial charge is 0.264 e. The van der Waals surface area contributed by atoms with Gasteiger partial charge < -0.3 is 20.3 Å². The van der Waals surface area contributed by atoms with E-state index in [0.717, 1.165) is 0 Å². The summed E-state index contributed by atoms with van der Waals surface area (Å²) >= 11 is 0. The maximum Gasteiger partial charge on any atom is 0.264 e. The molecule has 0 aliphatic carbocycles. The Hall–Kier alpha value is -0.740. The first kappa shape index (κ1) is 15.3. The molecular formula is C9H17NO7S. The maximum absolute atomic E-state index is 11.5. The van der Waals surface area contributed by atoms with Gasteiger partial charge in [0, 0.05) is 19.4 Å². The molecule has 8 nitrogen and oxygen atoms in total. The fraction of sp³-hybridized carbons (Fsp3) is 0.889. The molecule has 0 radical (unpaired) electrons. The predicted molar refractivity (Wildman–Crippen MR) is 60.2 cm³/mol. The second-order valence-corrected chi connectivity index (χ2v) is 5.71. The lowest BCUT2D eigenvalue weighted by Crippen LogP contribution is -2.45. The van der Waals surface area contributed by atoms with Gasteiger partial charge in [0.2, 0.25) is 5.91 Å². The number of carbonyl (C=O) groups excluding carboxylic acids is 1. The Labute approximate surface area is 105 Å². The molecule has 0 aromatic heterocycles. The zero-order chi connectivity index (χ0) is 13.8. The Morgan fingerprint density at radius 1 is 1.33 bits per heavy atom. The van der Waals surface area contributed by atoms with Crippen molar-refractivity contribution in [1.82, 2.24) is 5.32 Å². The van der Waals surface area contributed by atoms with E-state index in [4.69, 9.17) is 9.29 Å². The molecule has 18 heavy (non-hydrogen) atoms. The van der Waals surface area contributed by atoms with Crippen LogP contribution < -0.4 is 5.32 Å². The molecule has 1 fully saturated rings. The summed E-state index contributed by atoms with van der Waals surface area (Å²) in [6.07, 6.45) is -2.71. The molecule has 1 aliphatic rings. The van der Waals surface area contributed by atoms with Crippen LogP contribution in [0.15, 0.2) is 0 Å². The SMILES string of the molecule is O=C(NCCCS(=O)(=O)O)C1CC(O)CC(O)O1. The van der Waals surface area contributed by atoms with Crippen LogP contribution in [0.1, 0.15) is 19.3 Å². The molecule has 0 aromatic carbocycles. The van der Waals surface area contributed by atoms with Crippen molar-refractivity contribution in [3.8, 4) is 0 Å². The molecule has 106 valence electrons. The zero-order valence-corrected chi connectivity index (χ0v) is 10.5. The lowest BCUT2D eigenvalue weighted by atomic mass is 10.0. The lowest BCUT2D eigenvalue weighted by molar-refractivity contribution is -0.194. The quantitative estimate of drug-likeness (QED) is 0.347. The number of nitrogens with one attached hydrogen (secondary N) is 1. The highest BCUT2D eigenvalue weighted by Crippen LogP contribution is 2.18. The number of ether oxygens (including phenoxy) is 1. The Morgan fingerprint density at radius 2 is 2.00 bits per heavy atom. The van der Waals surface area contributed by atoms with E-state index in [2.05, 4.69) is 5.32 Å². The van der Waals surface area contributed by atoms with Gasteiger partial charge in [-0.2, -0.15) is 8.42 Å². The second kappa shape index (κ2) is 6.43. The number of amides is 1. The Morgan fingerprint density at radius 3 is 2.56 bits per heavy atom. The van der Waals surface area contributed by atoms with Crippen LogP contribution in [0.2, 0.25) is 0 Å². The molecule has 0 aromatic rings. The molecular weight excluding hydrogens is 266 g/mol. The molecule has 0 saturated carbocycles. The monoisotopic (exact) mass is 283 g/mol. The second-order valence-electron chi connectivity index (χ2n) is 4.14. The van der Waals surface area contributed by atoms with E-state index in [-0.39, 0.29) is 25.8 Å². The molecule has 0 spiro atoms. The molecule has 1 heterocycles. The van der Waals surface area contributed by atoms with Crippen molar-refractivity contribution >= 4 is 16.0 Å². The van der Waals surface area contributed by atoms with Gasteiger partial charge in [-0.15, -0.1) is 0 Å². The number of carbonyl (C=O) groups is 1. The summed E-state index contributed by atoms with van der Waals surface area (Å²) in [6, 6.07) is 0. The van der Waals surface area contributed by atoms with Gasteiger partial charge in [-0.1, -0.05) is 0 Å². The Balaban J connectivity index is 2.28. The van der Waals surface area contributed by atoms with Crippen LogP contribution in [0.3, 0.4) is 0 Å². The van der Waals surface area contributed by atoms with Gasteiger partial charge in [-0.3, -0.25) is 9.35 Å². The van der Waals surface area contributed by atoms with Crippen LogP contribution in [0, 0.1) is 0 Å². The zero-order valence-electron chi connectivity index (χ0n) is 9.65. The highest BCUT2D eigenvalue weighted by Gasteiger charge is 2.31. The van der Waals surface area contributed by atoms with Gasteiger partial charge in [0.05, 0.1) is 11.9 Å². The third kappa shape index (κ3) is 5.74. The third-order valence-electron chi connectivity index (χ3n) is 2.45. The summed E-state index contributed by atoms with van der Waals surface area (Å²) in [7, 11) is -4.03. The molecule has 1 amide bonds. The number of aliphatic hydroxyl groups excluding tert-OH is 2. The summed E-state index contributed by atoms with van der Waals surface area (Å²) in [4.78, 5) is 11.5. The van der Waals surface area contributed by atoms with E-state index < -0.39 is 40.3 Å². The van der Waals surface area contributed by atoms with Gasteiger partial charge in [0.15, 0.2) is 6.29 Å².